The van der Waals surface area contributed by atoms with Gasteiger partial charge in [-0.25, -0.2) is 9.48 Å². The number of benzene rings is 1. The molecular formula is C25H36ClN5O5. The second-order valence-electron chi connectivity index (χ2n) is 9.59. The molecule has 1 aromatic heterocycles. The SMILES string of the molecule is Cn1ncc(Nc2ccc3c(c2)CN(CCOCCOCCNC(=O)OC(C)(C)C)CC3)c(Cl)c1=O. The second-order valence-corrected chi connectivity index (χ2v) is 9.97. The van der Waals surface area contributed by atoms with Gasteiger partial charge in [-0.2, -0.15) is 5.10 Å². The maximum atomic E-state index is 12.0. The van der Waals surface area contributed by atoms with Crippen molar-refractivity contribution in [2.24, 2.45) is 7.05 Å². The number of fused-ring (bicyclic) bond motifs is 1. The summed E-state index contributed by atoms with van der Waals surface area (Å²) in [6.07, 6.45) is 2.08. The van der Waals surface area contributed by atoms with Crippen LogP contribution in [0.3, 0.4) is 0 Å². The fourth-order valence-electron chi connectivity index (χ4n) is 3.69. The highest BCUT2D eigenvalue weighted by atomic mass is 35.5. The molecule has 0 aliphatic carbocycles. The number of nitrogens with one attached hydrogen (secondary N) is 2. The van der Waals surface area contributed by atoms with Gasteiger partial charge >= 0.3 is 6.09 Å². The summed E-state index contributed by atoms with van der Waals surface area (Å²) in [4.78, 5) is 25.9. The highest BCUT2D eigenvalue weighted by Crippen LogP contribution is 2.26. The Morgan fingerprint density at radius 1 is 1.14 bits per heavy atom. The van der Waals surface area contributed by atoms with Gasteiger partial charge in [0.15, 0.2) is 0 Å². The van der Waals surface area contributed by atoms with Crippen molar-refractivity contribution in [1.29, 1.82) is 0 Å². The Morgan fingerprint density at radius 2 is 1.89 bits per heavy atom. The highest BCUT2D eigenvalue weighted by molar-refractivity contribution is 6.33. The molecule has 0 bridgehead atoms. The van der Waals surface area contributed by atoms with Crippen LogP contribution in [-0.4, -0.2) is 72.4 Å². The van der Waals surface area contributed by atoms with Crippen molar-refractivity contribution < 1.29 is 19.0 Å². The van der Waals surface area contributed by atoms with E-state index in [1.807, 2.05) is 26.8 Å². The molecule has 0 saturated heterocycles. The summed E-state index contributed by atoms with van der Waals surface area (Å²) in [5.41, 5.74) is 3.06. The monoisotopic (exact) mass is 521 g/mol. The lowest BCUT2D eigenvalue weighted by Crippen LogP contribution is -2.34. The van der Waals surface area contributed by atoms with Crippen molar-refractivity contribution in [3.05, 3.63) is 50.9 Å². The molecule has 1 amide bonds. The third-order valence-corrected chi connectivity index (χ3v) is 5.86. The summed E-state index contributed by atoms with van der Waals surface area (Å²) in [7, 11) is 1.56. The van der Waals surface area contributed by atoms with Crippen LogP contribution in [0.25, 0.3) is 0 Å². The predicted molar refractivity (Wildman–Crippen MR) is 139 cm³/mol. The minimum absolute atomic E-state index is 0.118. The summed E-state index contributed by atoms with van der Waals surface area (Å²) >= 11 is 6.18. The Balaban J connectivity index is 1.34. The number of halogens is 1. The molecule has 0 atom stereocenters. The number of anilines is 2. The van der Waals surface area contributed by atoms with E-state index in [-0.39, 0.29) is 10.6 Å². The summed E-state index contributed by atoms with van der Waals surface area (Å²) in [5.74, 6) is 0. The average Bonchev–Trinajstić information content (AvgIpc) is 2.82. The maximum absolute atomic E-state index is 12.0. The van der Waals surface area contributed by atoms with E-state index in [0.717, 1.165) is 31.7 Å². The fraction of sp³-hybridized carbons (Fsp3) is 0.560. The van der Waals surface area contributed by atoms with Crippen LogP contribution in [0.2, 0.25) is 5.02 Å². The van der Waals surface area contributed by atoms with E-state index in [9.17, 15) is 9.59 Å². The zero-order valence-corrected chi connectivity index (χ0v) is 22.2. The number of ether oxygens (including phenoxy) is 3. The second kappa shape index (κ2) is 13.0. The Hall–Kier alpha value is -2.66. The minimum Gasteiger partial charge on any atom is -0.444 e. The molecule has 1 aromatic carbocycles. The standard InChI is InChI=1S/C25H36ClN5O5/c1-25(2,3)36-24(33)27-8-11-34-13-14-35-12-10-31-9-7-18-5-6-20(15-19(18)17-31)29-21-16-28-30(4)23(32)22(21)26/h5-6,15-16,29H,7-14,17H2,1-4H3,(H,27,33). The van der Waals surface area contributed by atoms with Gasteiger partial charge in [0, 0.05) is 38.9 Å². The summed E-state index contributed by atoms with van der Waals surface area (Å²) < 4.78 is 17.6. The van der Waals surface area contributed by atoms with Crippen molar-refractivity contribution in [3.8, 4) is 0 Å². The van der Waals surface area contributed by atoms with E-state index in [1.54, 1.807) is 13.2 Å². The molecule has 0 radical (unpaired) electrons. The first-order chi connectivity index (χ1) is 17.1. The smallest absolute Gasteiger partial charge is 0.407 e. The Labute approximate surface area is 216 Å². The molecule has 1 aliphatic heterocycles. The summed E-state index contributed by atoms with van der Waals surface area (Å²) in [6, 6.07) is 6.20. The number of carbonyl (C=O) groups excluding carboxylic acids is 1. The Kier molecular flexibility index (Phi) is 10.1. The van der Waals surface area contributed by atoms with Crippen LogP contribution < -0.4 is 16.2 Å². The molecule has 36 heavy (non-hydrogen) atoms. The lowest BCUT2D eigenvalue weighted by molar-refractivity contribution is 0.0335. The van der Waals surface area contributed by atoms with Gasteiger partial charge in [0.2, 0.25) is 0 Å². The molecule has 10 nitrogen and oxygen atoms in total. The molecule has 3 rings (SSSR count). The molecule has 0 unspecified atom stereocenters. The first kappa shape index (κ1) is 27.9. The Morgan fingerprint density at radius 3 is 2.64 bits per heavy atom. The van der Waals surface area contributed by atoms with E-state index in [1.165, 1.54) is 15.8 Å². The number of aryl methyl sites for hydroxylation is 1. The third kappa shape index (κ3) is 8.77. The molecule has 11 heteroatoms. The fourth-order valence-corrected chi connectivity index (χ4v) is 3.91. The number of nitrogens with zero attached hydrogens (tertiary/aromatic N) is 3. The van der Waals surface area contributed by atoms with Gasteiger partial charge in [-0.1, -0.05) is 17.7 Å². The molecule has 0 fully saturated rings. The van der Waals surface area contributed by atoms with Crippen LogP contribution >= 0.6 is 11.6 Å². The molecule has 0 saturated carbocycles. The molecule has 1 aliphatic rings. The van der Waals surface area contributed by atoms with Gasteiger partial charge < -0.3 is 24.8 Å². The zero-order chi connectivity index (χ0) is 26.1. The first-order valence-electron chi connectivity index (χ1n) is 12.1. The first-order valence-corrected chi connectivity index (χ1v) is 12.5. The van der Waals surface area contributed by atoms with Crippen molar-refractivity contribution in [3.63, 3.8) is 0 Å². The molecular weight excluding hydrogens is 486 g/mol. The van der Waals surface area contributed by atoms with E-state index < -0.39 is 11.7 Å². The van der Waals surface area contributed by atoms with Crippen LogP contribution in [-0.2, 0) is 34.2 Å². The van der Waals surface area contributed by atoms with Gasteiger partial charge in [0.05, 0.1) is 38.3 Å². The van der Waals surface area contributed by atoms with Gasteiger partial charge in [0.25, 0.3) is 5.56 Å². The number of rotatable bonds is 11. The minimum atomic E-state index is -0.510. The Bertz CT molecular complexity index is 1090. The zero-order valence-electron chi connectivity index (χ0n) is 21.4. The van der Waals surface area contributed by atoms with Crippen molar-refractivity contribution in [1.82, 2.24) is 20.0 Å². The predicted octanol–water partition coefficient (Wildman–Crippen LogP) is 3.09. The number of aromatic nitrogens is 2. The molecule has 2 aromatic rings. The van der Waals surface area contributed by atoms with E-state index in [0.29, 0.717) is 38.7 Å². The maximum Gasteiger partial charge on any atom is 0.407 e. The number of hydrogen-bond donors (Lipinski definition) is 2. The third-order valence-electron chi connectivity index (χ3n) is 5.49. The van der Waals surface area contributed by atoms with Gasteiger partial charge in [-0.15, -0.1) is 0 Å². The van der Waals surface area contributed by atoms with Gasteiger partial charge in [-0.3, -0.25) is 9.69 Å². The van der Waals surface area contributed by atoms with Gasteiger partial charge in [0.1, 0.15) is 10.6 Å². The van der Waals surface area contributed by atoms with Crippen LogP contribution in [0.4, 0.5) is 16.2 Å². The molecule has 198 valence electrons. The quantitative estimate of drug-likeness (QED) is 0.434. The van der Waals surface area contributed by atoms with Crippen LogP contribution in [0.1, 0.15) is 31.9 Å². The highest BCUT2D eigenvalue weighted by Gasteiger charge is 2.17. The lowest BCUT2D eigenvalue weighted by Gasteiger charge is -2.29. The van der Waals surface area contributed by atoms with E-state index >= 15 is 0 Å². The lowest BCUT2D eigenvalue weighted by atomic mass is 9.99. The van der Waals surface area contributed by atoms with Crippen molar-refractivity contribution in [2.75, 3.05) is 51.4 Å². The topological polar surface area (TPSA) is 107 Å². The van der Waals surface area contributed by atoms with Gasteiger partial charge in [-0.05, 0) is 50.5 Å². The normalized spacial score (nSPS) is 13.8. The summed E-state index contributed by atoms with van der Waals surface area (Å²) in [6.45, 7) is 10.5. The van der Waals surface area contributed by atoms with Crippen LogP contribution in [0.15, 0.2) is 29.2 Å². The van der Waals surface area contributed by atoms with Crippen molar-refractivity contribution in [2.45, 2.75) is 39.3 Å². The molecule has 2 N–H and O–H groups in total. The number of hydrogen-bond acceptors (Lipinski definition) is 8. The van der Waals surface area contributed by atoms with Crippen LogP contribution in [0.5, 0.6) is 0 Å². The molecule has 2 heterocycles. The van der Waals surface area contributed by atoms with Crippen molar-refractivity contribution >= 4 is 29.1 Å². The summed E-state index contributed by atoms with van der Waals surface area (Å²) in [5, 5.41) is 10.0. The number of alkyl carbamates (subject to hydrolysis) is 1. The average molecular weight is 522 g/mol. The van der Waals surface area contributed by atoms with E-state index in [4.69, 9.17) is 25.8 Å². The molecule has 0 spiro atoms. The van der Waals surface area contributed by atoms with E-state index in [2.05, 4.69) is 32.8 Å². The number of carbonyl (C=O) groups is 1. The van der Waals surface area contributed by atoms with Crippen LogP contribution in [0, 0.1) is 0 Å². The number of amides is 1. The largest absolute Gasteiger partial charge is 0.444 e.